The fourth-order valence-corrected chi connectivity index (χ4v) is 2.95. The highest BCUT2D eigenvalue weighted by Gasteiger charge is 2.19. The largest absolute Gasteiger partial charge is 0.481 e. The van der Waals surface area contributed by atoms with Gasteiger partial charge < -0.3 is 15.3 Å². The molecule has 0 aliphatic carbocycles. The zero-order chi connectivity index (χ0) is 15.7. The third kappa shape index (κ3) is 7.93. The van der Waals surface area contributed by atoms with Gasteiger partial charge in [-0.05, 0) is 31.1 Å². The van der Waals surface area contributed by atoms with Crippen molar-refractivity contribution in [2.45, 2.75) is 58.8 Å². The van der Waals surface area contributed by atoms with E-state index in [0.29, 0.717) is 12.5 Å². The summed E-state index contributed by atoms with van der Waals surface area (Å²) in [5.41, 5.74) is 0. The molecule has 5 nitrogen and oxygen atoms in total. The zero-order valence-electron chi connectivity index (χ0n) is 13.4. The van der Waals surface area contributed by atoms with Gasteiger partial charge in [0, 0.05) is 26.1 Å². The van der Waals surface area contributed by atoms with Gasteiger partial charge in [0.1, 0.15) is 0 Å². The Kier molecular flexibility index (Phi) is 8.16. The highest BCUT2D eigenvalue weighted by atomic mass is 16.4. The number of nitrogens with zero attached hydrogens (tertiary/aromatic N) is 1. The van der Waals surface area contributed by atoms with Gasteiger partial charge in [0.15, 0.2) is 0 Å². The topological polar surface area (TPSA) is 69.6 Å². The summed E-state index contributed by atoms with van der Waals surface area (Å²) < 4.78 is 0. The smallest absolute Gasteiger partial charge is 0.317 e. The van der Waals surface area contributed by atoms with Crippen molar-refractivity contribution in [3.63, 3.8) is 0 Å². The van der Waals surface area contributed by atoms with Crippen molar-refractivity contribution in [2.75, 3.05) is 19.6 Å². The Hall–Kier alpha value is -1.26. The maximum absolute atomic E-state index is 12.2. The van der Waals surface area contributed by atoms with E-state index in [4.69, 9.17) is 5.11 Å². The molecule has 0 bridgehead atoms. The van der Waals surface area contributed by atoms with E-state index in [1.54, 1.807) is 0 Å². The Labute approximate surface area is 128 Å². The first kappa shape index (κ1) is 17.8. The second kappa shape index (κ2) is 9.64. The number of likely N-dealkylation sites (tertiary alicyclic amines) is 1. The van der Waals surface area contributed by atoms with Crippen molar-refractivity contribution in [3.05, 3.63) is 0 Å². The Balaban J connectivity index is 2.41. The molecule has 2 amide bonds. The number of urea groups is 1. The van der Waals surface area contributed by atoms with Crippen LogP contribution in [-0.4, -0.2) is 41.6 Å². The number of carboxylic acid groups (broad SMARTS) is 1. The number of carbonyl (C=O) groups excluding carboxylic acids is 1. The van der Waals surface area contributed by atoms with Gasteiger partial charge in [-0.25, -0.2) is 4.79 Å². The Bertz CT molecular complexity index is 323. The van der Waals surface area contributed by atoms with Crippen molar-refractivity contribution in [1.29, 1.82) is 0 Å². The predicted molar refractivity (Wildman–Crippen MR) is 83.3 cm³/mol. The van der Waals surface area contributed by atoms with Crippen LogP contribution in [0.25, 0.3) is 0 Å². The zero-order valence-corrected chi connectivity index (χ0v) is 13.4. The number of hydrogen-bond acceptors (Lipinski definition) is 2. The van der Waals surface area contributed by atoms with Gasteiger partial charge in [-0.1, -0.05) is 33.1 Å². The third-order valence-corrected chi connectivity index (χ3v) is 3.95. The minimum atomic E-state index is -0.791. The third-order valence-electron chi connectivity index (χ3n) is 3.95. The second-order valence-corrected chi connectivity index (χ2v) is 6.53. The highest BCUT2D eigenvalue weighted by Crippen LogP contribution is 2.15. The molecule has 1 aliphatic heterocycles. The molecule has 0 aromatic rings. The summed E-state index contributed by atoms with van der Waals surface area (Å²) >= 11 is 0. The lowest BCUT2D eigenvalue weighted by atomic mass is 9.94. The lowest BCUT2D eigenvalue weighted by Crippen LogP contribution is -2.43. The molecule has 1 aliphatic rings. The van der Waals surface area contributed by atoms with E-state index in [0.717, 1.165) is 32.4 Å². The number of nitrogens with one attached hydrogen (secondary N) is 1. The second-order valence-electron chi connectivity index (χ2n) is 6.53. The number of aliphatic carboxylic acids is 1. The molecule has 1 heterocycles. The quantitative estimate of drug-likeness (QED) is 0.791. The van der Waals surface area contributed by atoms with Crippen LogP contribution in [-0.2, 0) is 4.79 Å². The summed E-state index contributed by atoms with van der Waals surface area (Å²) in [7, 11) is 0. The van der Waals surface area contributed by atoms with Crippen LogP contribution in [0, 0.1) is 11.8 Å². The molecule has 1 atom stereocenters. The molecule has 1 fully saturated rings. The number of hydrogen-bond donors (Lipinski definition) is 2. The van der Waals surface area contributed by atoms with Crippen LogP contribution in [0.4, 0.5) is 4.79 Å². The van der Waals surface area contributed by atoms with Crippen molar-refractivity contribution < 1.29 is 14.7 Å². The van der Waals surface area contributed by atoms with Crippen molar-refractivity contribution in [1.82, 2.24) is 10.2 Å². The Morgan fingerprint density at radius 3 is 2.19 bits per heavy atom. The number of carboxylic acids is 1. The monoisotopic (exact) mass is 298 g/mol. The van der Waals surface area contributed by atoms with E-state index < -0.39 is 5.97 Å². The number of carbonyl (C=O) groups is 2. The van der Waals surface area contributed by atoms with Crippen molar-refractivity contribution in [2.24, 2.45) is 11.8 Å². The van der Waals surface area contributed by atoms with Gasteiger partial charge >= 0.3 is 12.0 Å². The fourth-order valence-electron chi connectivity index (χ4n) is 2.95. The van der Waals surface area contributed by atoms with Gasteiger partial charge in [-0.15, -0.1) is 0 Å². The van der Waals surface area contributed by atoms with E-state index in [1.165, 1.54) is 19.3 Å². The summed E-state index contributed by atoms with van der Waals surface area (Å²) in [6, 6.07) is -0.0314. The Morgan fingerprint density at radius 2 is 1.67 bits per heavy atom. The SMILES string of the molecule is CC(C)CC(CNC(=O)N1CCCCCCC1)CC(=O)O. The molecule has 1 unspecified atom stereocenters. The molecular weight excluding hydrogens is 268 g/mol. The number of amides is 2. The molecule has 0 radical (unpaired) electrons. The Morgan fingerprint density at radius 1 is 1.10 bits per heavy atom. The maximum Gasteiger partial charge on any atom is 0.317 e. The van der Waals surface area contributed by atoms with Crippen LogP contribution in [0.2, 0.25) is 0 Å². The lowest BCUT2D eigenvalue weighted by Gasteiger charge is -2.26. The van der Waals surface area contributed by atoms with Gasteiger partial charge in [0.25, 0.3) is 0 Å². The summed E-state index contributed by atoms with van der Waals surface area (Å²) in [5, 5.41) is 11.9. The highest BCUT2D eigenvalue weighted by molar-refractivity contribution is 5.74. The first-order valence-corrected chi connectivity index (χ1v) is 8.23. The molecule has 21 heavy (non-hydrogen) atoms. The van der Waals surface area contributed by atoms with Crippen molar-refractivity contribution in [3.8, 4) is 0 Å². The summed E-state index contributed by atoms with van der Waals surface area (Å²) in [5.74, 6) is -0.338. The van der Waals surface area contributed by atoms with Crippen LogP contribution in [0.15, 0.2) is 0 Å². The summed E-state index contributed by atoms with van der Waals surface area (Å²) in [6.07, 6.45) is 6.74. The minimum Gasteiger partial charge on any atom is -0.481 e. The van der Waals surface area contributed by atoms with Crippen LogP contribution in [0.3, 0.4) is 0 Å². The summed E-state index contributed by atoms with van der Waals surface area (Å²) in [6.45, 7) is 6.25. The van der Waals surface area contributed by atoms with Gasteiger partial charge in [0.2, 0.25) is 0 Å². The molecule has 122 valence electrons. The first-order valence-electron chi connectivity index (χ1n) is 8.23. The van der Waals surface area contributed by atoms with Crippen LogP contribution in [0.5, 0.6) is 0 Å². The molecule has 0 aromatic heterocycles. The fraction of sp³-hybridized carbons (Fsp3) is 0.875. The minimum absolute atomic E-state index is 0.0150. The molecule has 1 rings (SSSR count). The average molecular weight is 298 g/mol. The normalized spacial score (nSPS) is 18.0. The molecule has 1 saturated heterocycles. The average Bonchev–Trinajstić information content (AvgIpc) is 2.33. The predicted octanol–water partition coefficient (Wildman–Crippen LogP) is 3.10. The molecule has 5 heteroatoms. The van der Waals surface area contributed by atoms with Crippen LogP contribution in [0.1, 0.15) is 58.8 Å². The maximum atomic E-state index is 12.2. The van der Waals surface area contributed by atoms with E-state index in [9.17, 15) is 9.59 Å². The molecule has 0 saturated carbocycles. The molecule has 2 N–H and O–H groups in total. The van der Waals surface area contributed by atoms with Gasteiger partial charge in [-0.3, -0.25) is 4.79 Å². The van der Waals surface area contributed by atoms with Crippen LogP contribution < -0.4 is 5.32 Å². The lowest BCUT2D eigenvalue weighted by molar-refractivity contribution is -0.138. The molecular formula is C16H30N2O3. The van der Waals surface area contributed by atoms with E-state index >= 15 is 0 Å². The van der Waals surface area contributed by atoms with Crippen molar-refractivity contribution >= 4 is 12.0 Å². The molecule has 0 spiro atoms. The standard InChI is InChI=1S/C16H30N2O3/c1-13(2)10-14(11-15(19)20)12-17-16(21)18-8-6-4-3-5-7-9-18/h13-14H,3-12H2,1-2H3,(H,17,21)(H,19,20). The van der Waals surface area contributed by atoms with Gasteiger partial charge in [0.05, 0.1) is 0 Å². The van der Waals surface area contributed by atoms with Crippen LogP contribution >= 0.6 is 0 Å². The van der Waals surface area contributed by atoms with E-state index in [1.807, 2.05) is 4.90 Å². The number of rotatable bonds is 6. The summed E-state index contributed by atoms with van der Waals surface area (Å²) in [4.78, 5) is 25.0. The van der Waals surface area contributed by atoms with E-state index in [2.05, 4.69) is 19.2 Å². The van der Waals surface area contributed by atoms with Gasteiger partial charge in [-0.2, -0.15) is 0 Å². The van der Waals surface area contributed by atoms with E-state index in [-0.39, 0.29) is 18.4 Å². The molecule has 0 aromatic carbocycles. The first-order chi connectivity index (χ1) is 9.99.